The van der Waals surface area contributed by atoms with Gasteiger partial charge in [0.15, 0.2) is 0 Å². The maximum Gasteiger partial charge on any atom is 0.0221 e. The molecule has 1 rings (SSSR count). The van der Waals surface area contributed by atoms with E-state index in [0.717, 1.165) is 25.9 Å². The molecule has 0 saturated carbocycles. The zero-order valence-corrected chi connectivity index (χ0v) is 9.21. The van der Waals surface area contributed by atoms with Crippen LogP contribution >= 0.6 is 0 Å². The summed E-state index contributed by atoms with van der Waals surface area (Å²) in [4.78, 5) is 2.54. The van der Waals surface area contributed by atoms with E-state index in [2.05, 4.69) is 17.7 Å². The second kappa shape index (κ2) is 6.06. The molecule has 0 bridgehead atoms. The van der Waals surface area contributed by atoms with Crippen LogP contribution in [0, 0.1) is 12.3 Å². The summed E-state index contributed by atoms with van der Waals surface area (Å²) in [6.07, 6.45) is 11.2. The summed E-state index contributed by atoms with van der Waals surface area (Å²) in [6.45, 7) is 4.21. The van der Waals surface area contributed by atoms with Crippen molar-refractivity contribution in [2.45, 2.75) is 51.1 Å². The molecule has 2 atom stereocenters. The van der Waals surface area contributed by atoms with Gasteiger partial charge in [-0.1, -0.05) is 6.42 Å². The molecule has 1 saturated heterocycles. The van der Waals surface area contributed by atoms with Crippen LogP contribution in [0.1, 0.15) is 39.0 Å². The Balaban J connectivity index is 2.39. The lowest BCUT2D eigenvalue weighted by Gasteiger charge is -2.40. The molecule has 2 N–H and O–H groups in total. The number of nitrogens with two attached hydrogens (primary N) is 1. The molecule has 0 amide bonds. The number of hydrogen-bond donors (Lipinski definition) is 1. The van der Waals surface area contributed by atoms with Crippen molar-refractivity contribution in [2.75, 3.05) is 13.1 Å². The standard InChI is InChI=1S/C12H22N2/c1-3-4-5-9-14-11(2)7-6-8-12(14)10-13/h1,11-12H,4-10,13H2,2H3. The van der Waals surface area contributed by atoms with Crippen molar-refractivity contribution in [3.05, 3.63) is 0 Å². The Morgan fingerprint density at radius 3 is 2.93 bits per heavy atom. The lowest BCUT2D eigenvalue weighted by Crippen LogP contribution is -2.49. The fourth-order valence-corrected chi connectivity index (χ4v) is 2.36. The van der Waals surface area contributed by atoms with Crippen LogP contribution in [0.15, 0.2) is 0 Å². The van der Waals surface area contributed by atoms with Gasteiger partial charge in [0.2, 0.25) is 0 Å². The lowest BCUT2D eigenvalue weighted by atomic mass is 9.96. The van der Waals surface area contributed by atoms with Crippen molar-refractivity contribution in [3.63, 3.8) is 0 Å². The smallest absolute Gasteiger partial charge is 0.0221 e. The molecule has 0 spiro atoms. The van der Waals surface area contributed by atoms with Gasteiger partial charge in [-0.15, -0.1) is 12.3 Å². The van der Waals surface area contributed by atoms with E-state index in [1.54, 1.807) is 0 Å². The van der Waals surface area contributed by atoms with Crippen molar-refractivity contribution < 1.29 is 0 Å². The Morgan fingerprint density at radius 2 is 2.29 bits per heavy atom. The van der Waals surface area contributed by atoms with Gasteiger partial charge in [0.25, 0.3) is 0 Å². The number of rotatable bonds is 4. The largest absolute Gasteiger partial charge is 0.329 e. The number of unbranched alkanes of at least 4 members (excludes halogenated alkanes) is 1. The Kier molecular flexibility index (Phi) is 5.00. The number of nitrogens with zero attached hydrogens (tertiary/aromatic N) is 1. The topological polar surface area (TPSA) is 29.3 Å². The summed E-state index contributed by atoms with van der Waals surface area (Å²) in [7, 11) is 0. The van der Waals surface area contributed by atoms with Crippen LogP contribution in [0.2, 0.25) is 0 Å². The third kappa shape index (κ3) is 3.01. The number of terminal acetylenes is 1. The first kappa shape index (κ1) is 11.6. The molecular formula is C12H22N2. The van der Waals surface area contributed by atoms with Gasteiger partial charge in [0.1, 0.15) is 0 Å². The highest BCUT2D eigenvalue weighted by atomic mass is 15.2. The molecule has 1 aliphatic rings. The van der Waals surface area contributed by atoms with Crippen molar-refractivity contribution in [1.29, 1.82) is 0 Å². The molecule has 80 valence electrons. The Hall–Kier alpha value is -0.520. The predicted molar refractivity (Wildman–Crippen MR) is 60.9 cm³/mol. The monoisotopic (exact) mass is 194 g/mol. The van der Waals surface area contributed by atoms with Gasteiger partial charge in [-0.05, 0) is 32.7 Å². The Labute approximate surface area is 87.8 Å². The minimum Gasteiger partial charge on any atom is -0.329 e. The van der Waals surface area contributed by atoms with E-state index >= 15 is 0 Å². The van der Waals surface area contributed by atoms with Gasteiger partial charge < -0.3 is 5.73 Å². The fraction of sp³-hybridized carbons (Fsp3) is 0.833. The van der Waals surface area contributed by atoms with E-state index in [1.165, 1.54) is 19.3 Å². The van der Waals surface area contributed by atoms with Crippen LogP contribution in [-0.4, -0.2) is 30.1 Å². The van der Waals surface area contributed by atoms with Gasteiger partial charge in [0.05, 0.1) is 0 Å². The maximum absolute atomic E-state index is 5.78. The van der Waals surface area contributed by atoms with E-state index in [9.17, 15) is 0 Å². The number of hydrogen-bond acceptors (Lipinski definition) is 2. The second-order valence-corrected chi connectivity index (χ2v) is 4.21. The highest BCUT2D eigenvalue weighted by Gasteiger charge is 2.25. The average molecular weight is 194 g/mol. The fourth-order valence-electron chi connectivity index (χ4n) is 2.36. The molecule has 0 radical (unpaired) electrons. The van der Waals surface area contributed by atoms with Crippen LogP contribution in [0.25, 0.3) is 0 Å². The van der Waals surface area contributed by atoms with Crippen LogP contribution in [0.3, 0.4) is 0 Å². The molecule has 1 fully saturated rings. The lowest BCUT2D eigenvalue weighted by molar-refractivity contribution is 0.0965. The van der Waals surface area contributed by atoms with E-state index in [4.69, 9.17) is 12.2 Å². The summed E-state index contributed by atoms with van der Waals surface area (Å²) < 4.78 is 0. The van der Waals surface area contributed by atoms with Crippen molar-refractivity contribution in [3.8, 4) is 12.3 Å². The highest BCUT2D eigenvalue weighted by Crippen LogP contribution is 2.22. The summed E-state index contributed by atoms with van der Waals surface area (Å²) in [6, 6.07) is 1.28. The molecular weight excluding hydrogens is 172 g/mol. The van der Waals surface area contributed by atoms with Crippen molar-refractivity contribution in [2.24, 2.45) is 5.73 Å². The van der Waals surface area contributed by atoms with Gasteiger partial charge in [-0.25, -0.2) is 0 Å². The van der Waals surface area contributed by atoms with Crippen LogP contribution in [0.5, 0.6) is 0 Å². The van der Waals surface area contributed by atoms with Gasteiger partial charge >= 0.3 is 0 Å². The normalized spacial score (nSPS) is 28.6. The molecule has 2 heteroatoms. The first-order valence-corrected chi connectivity index (χ1v) is 5.69. The zero-order chi connectivity index (χ0) is 10.4. The van der Waals surface area contributed by atoms with Crippen molar-refractivity contribution in [1.82, 2.24) is 4.90 Å². The summed E-state index contributed by atoms with van der Waals surface area (Å²) in [5.41, 5.74) is 5.78. The molecule has 2 nitrogen and oxygen atoms in total. The Morgan fingerprint density at radius 1 is 1.50 bits per heavy atom. The second-order valence-electron chi connectivity index (χ2n) is 4.21. The van der Waals surface area contributed by atoms with Crippen molar-refractivity contribution >= 4 is 0 Å². The molecule has 2 unspecified atom stereocenters. The maximum atomic E-state index is 5.78. The predicted octanol–water partition coefficient (Wildman–Crippen LogP) is 1.60. The van der Waals surface area contributed by atoms with Gasteiger partial charge in [0, 0.05) is 25.0 Å². The highest BCUT2D eigenvalue weighted by molar-refractivity contribution is 4.86. The SMILES string of the molecule is C#CCCCN1C(C)CCCC1CN. The average Bonchev–Trinajstić information content (AvgIpc) is 2.20. The zero-order valence-electron chi connectivity index (χ0n) is 9.21. The first-order chi connectivity index (χ1) is 6.79. The molecule has 0 aromatic heterocycles. The van der Waals surface area contributed by atoms with Gasteiger partial charge in [-0.3, -0.25) is 4.90 Å². The summed E-state index contributed by atoms with van der Waals surface area (Å²) >= 11 is 0. The van der Waals surface area contributed by atoms with Crippen LogP contribution < -0.4 is 5.73 Å². The first-order valence-electron chi connectivity index (χ1n) is 5.69. The van der Waals surface area contributed by atoms with Crippen LogP contribution in [0.4, 0.5) is 0 Å². The minimum absolute atomic E-state index is 0.594. The minimum atomic E-state index is 0.594. The third-order valence-corrected chi connectivity index (χ3v) is 3.20. The molecule has 0 aromatic carbocycles. The Bertz CT molecular complexity index is 195. The number of piperidine rings is 1. The molecule has 0 aliphatic carbocycles. The van der Waals surface area contributed by atoms with E-state index in [-0.39, 0.29) is 0 Å². The molecule has 1 heterocycles. The molecule has 1 aliphatic heterocycles. The third-order valence-electron chi connectivity index (χ3n) is 3.20. The van der Waals surface area contributed by atoms with E-state index in [1.807, 2.05) is 0 Å². The van der Waals surface area contributed by atoms with Crippen LogP contribution in [-0.2, 0) is 0 Å². The summed E-state index contributed by atoms with van der Waals surface area (Å²) in [5.74, 6) is 2.70. The quantitative estimate of drug-likeness (QED) is 0.544. The van der Waals surface area contributed by atoms with E-state index in [0.29, 0.717) is 12.1 Å². The van der Waals surface area contributed by atoms with Gasteiger partial charge in [-0.2, -0.15) is 0 Å². The molecule has 0 aromatic rings. The summed E-state index contributed by atoms with van der Waals surface area (Å²) in [5, 5.41) is 0. The number of likely N-dealkylation sites (tertiary alicyclic amines) is 1. The van der Waals surface area contributed by atoms with E-state index < -0.39 is 0 Å². The molecule has 14 heavy (non-hydrogen) atoms.